The molecule has 1 unspecified atom stereocenters. The highest BCUT2D eigenvalue weighted by Crippen LogP contribution is 2.21. The van der Waals surface area contributed by atoms with Crippen molar-refractivity contribution in [2.75, 3.05) is 5.32 Å². The molecule has 1 aromatic carbocycles. The molecular weight excluding hydrogens is 392 g/mol. The topological polar surface area (TPSA) is 138 Å². The fourth-order valence-electron chi connectivity index (χ4n) is 3.21. The number of nitrogens with one attached hydrogen (secondary N) is 1. The third-order valence-corrected chi connectivity index (χ3v) is 4.70. The first kappa shape index (κ1) is 22.9. The molecule has 0 aliphatic carbocycles. The molecular formula is C21H24N2O7. The number of carboxylic acid groups (broad SMARTS) is 1. The van der Waals surface area contributed by atoms with Crippen LogP contribution in [-0.4, -0.2) is 51.3 Å². The number of hydrogen-bond acceptors (Lipinski definition) is 6. The minimum atomic E-state index is -1.19. The zero-order valence-electron chi connectivity index (χ0n) is 16.7. The highest BCUT2D eigenvalue weighted by molar-refractivity contribution is 6.07. The minimum Gasteiger partial charge on any atom is -0.481 e. The number of aliphatic carboxylic acids is 1. The van der Waals surface area contributed by atoms with Crippen LogP contribution in [0, 0.1) is 0 Å². The summed E-state index contributed by atoms with van der Waals surface area (Å²) in [5.41, 5.74) is 1.26. The van der Waals surface area contributed by atoms with E-state index in [1.807, 2.05) is 0 Å². The van der Waals surface area contributed by atoms with Gasteiger partial charge >= 0.3 is 5.97 Å². The summed E-state index contributed by atoms with van der Waals surface area (Å²) in [5.74, 6) is -3.06. The first-order valence-corrected chi connectivity index (χ1v) is 9.65. The molecule has 9 heteroatoms. The molecule has 2 N–H and O–H groups in total. The normalized spacial score (nSPS) is 14.5. The Morgan fingerprint density at radius 3 is 2.17 bits per heavy atom. The van der Waals surface area contributed by atoms with E-state index in [9.17, 15) is 28.8 Å². The molecule has 1 heterocycles. The Labute approximate surface area is 173 Å². The van der Waals surface area contributed by atoms with Crippen LogP contribution in [0.4, 0.5) is 5.69 Å². The SMILES string of the molecule is CC(=O)CC(=O)CCc1ccc(NC(=O)C(CCC(=O)O)N2C(=O)CCC2=O)cc1. The standard InChI is InChI=1S/C21H24N2O7/c1-13(24)12-16(25)7-4-14-2-5-15(6-3-14)22-21(30)17(8-11-20(28)29)23-18(26)9-10-19(23)27/h2-3,5-6,17H,4,7-12H2,1H3,(H,22,30)(H,28,29). The van der Waals surface area contributed by atoms with Gasteiger partial charge in [-0.15, -0.1) is 0 Å². The highest BCUT2D eigenvalue weighted by atomic mass is 16.4. The van der Waals surface area contributed by atoms with E-state index in [1.165, 1.54) is 6.92 Å². The van der Waals surface area contributed by atoms with Crippen molar-refractivity contribution in [3.63, 3.8) is 0 Å². The van der Waals surface area contributed by atoms with Gasteiger partial charge in [0.25, 0.3) is 0 Å². The maximum atomic E-state index is 12.7. The Balaban J connectivity index is 2.01. The summed E-state index contributed by atoms with van der Waals surface area (Å²) in [6.45, 7) is 1.36. The van der Waals surface area contributed by atoms with E-state index in [-0.39, 0.29) is 50.1 Å². The van der Waals surface area contributed by atoms with Crippen molar-refractivity contribution in [2.24, 2.45) is 0 Å². The van der Waals surface area contributed by atoms with Crippen LogP contribution in [0.15, 0.2) is 24.3 Å². The van der Waals surface area contributed by atoms with Gasteiger partial charge in [0.05, 0.1) is 6.42 Å². The number of benzene rings is 1. The summed E-state index contributed by atoms with van der Waals surface area (Å²) in [6.07, 6.45) is 0.0940. The smallest absolute Gasteiger partial charge is 0.303 e. The van der Waals surface area contributed by atoms with Gasteiger partial charge in [-0.25, -0.2) is 0 Å². The number of imide groups is 1. The number of hydrogen-bond donors (Lipinski definition) is 2. The zero-order chi connectivity index (χ0) is 22.3. The van der Waals surface area contributed by atoms with E-state index in [2.05, 4.69) is 5.32 Å². The second-order valence-electron chi connectivity index (χ2n) is 7.21. The number of ketones is 2. The van der Waals surface area contributed by atoms with E-state index in [4.69, 9.17) is 5.11 Å². The van der Waals surface area contributed by atoms with Crippen LogP contribution in [0.5, 0.6) is 0 Å². The zero-order valence-corrected chi connectivity index (χ0v) is 16.7. The maximum absolute atomic E-state index is 12.7. The van der Waals surface area contributed by atoms with Crippen molar-refractivity contribution in [1.82, 2.24) is 4.90 Å². The average Bonchev–Trinajstić information content (AvgIpc) is 2.99. The van der Waals surface area contributed by atoms with Gasteiger partial charge in [0.2, 0.25) is 17.7 Å². The molecule has 0 radical (unpaired) electrons. The number of rotatable bonds is 11. The van der Waals surface area contributed by atoms with E-state index in [1.54, 1.807) is 24.3 Å². The first-order valence-electron chi connectivity index (χ1n) is 9.65. The van der Waals surface area contributed by atoms with Crippen molar-refractivity contribution >= 4 is 40.9 Å². The number of carbonyl (C=O) groups is 6. The predicted octanol–water partition coefficient (Wildman–Crippen LogP) is 1.49. The molecule has 1 saturated heterocycles. The third-order valence-electron chi connectivity index (χ3n) is 4.70. The summed E-state index contributed by atoms with van der Waals surface area (Å²) in [5, 5.41) is 11.5. The average molecular weight is 416 g/mol. The molecule has 0 aromatic heterocycles. The predicted molar refractivity (Wildman–Crippen MR) is 105 cm³/mol. The molecule has 3 amide bonds. The van der Waals surface area contributed by atoms with E-state index in [0.29, 0.717) is 12.1 Å². The number of aryl methyl sites for hydroxylation is 1. The number of carbonyl (C=O) groups excluding carboxylic acids is 5. The lowest BCUT2D eigenvalue weighted by Crippen LogP contribution is -2.47. The summed E-state index contributed by atoms with van der Waals surface area (Å²) >= 11 is 0. The maximum Gasteiger partial charge on any atom is 0.303 e. The van der Waals surface area contributed by atoms with E-state index >= 15 is 0 Å². The lowest BCUT2D eigenvalue weighted by molar-refractivity contribution is -0.147. The van der Waals surface area contributed by atoms with Crippen LogP contribution < -0.4 is 5.32 Å². The molecule has 1 aliphatic rings. The lowest BCUT2D eigenvalue weighted by Gasteiger charge is -2.25. The molecule has 0 saturated carbocycles. The fraction of sp³-hybridized carbons (Fsp3) is 0.429. The van der Waals surface area contributed by atoms with Crippen LogP contribution in [0.1, 0.15) is 51.0 Å². The van der Waals surface area contributed by atoms with Crippen LogP contribution in [0.3, 0.4) is 0 Å². The quantitative estimate of drug-likeness (QED) is 0.412. The Kier molecular flexibility index (Phi) is 7.97. The van der Waals surface area contributed by atoms with Crippen LogP contribution in [-0.2, 0) is 35.2 Å². The van der Waals surface area contributed by atoms with Gasteiger partial charge in [-0.05, 0) is 37.5 Å². The van der Waals surface area contributed by atoms with Crippen LogP contribution >= 0.6 is 0 Å². The van der Waals surface area contributed by atoms with E-state index < -0.39 is 29.7 Å². The molecule has 9 nitrogen and oxygen atoms in total. The number of nitrogens with zero attached hydrogens (tertiary/aromatic N) is 1. The van der Waals surface area contributed by atoms with Gasteiger partial charge in [0.15, 0.2) is 0 Å². The van der Waals surface area contributed by atoms with Gasteiger partial charge in [-0.3, -0.25) is 33.7 Å². The molecule has 1 aliphatic heterocycles. The van der Waals surface area contributed by atoms with Crippen molar-refractivity contribution in [1.29, 1.82) is 0 Å². The van der Waals surface area contributed by atoms with Crippen molar-refractivity contribution < 1.29 is 33.9 Å². The Morgan fingerprint density at radius 2 is 1.63 bits per heavy atom. The van der Waals surface area contributed by atoms with Crippen LogP contribution in [0.25, 0.3) is 0 Å². The van der Waals surface area contributed by atoms with Gasteiger partial charge in [0, 0.05) is 31.4 Å². The van der Waals surface area contributed by atoms with Gasteiger partial charge in [-0.1, -0.05) is 12.1 Å². The molecule has 1 fully saturated rings. The van der Waals surface area contributed by atoms with Crippen molar-refractivity contribution in [3.05, 3.63) is 29.8 Å². The highest BCUT2D eigenvalue weighted by Gasteiger charge is 2.38. The van der Waals surface area contributed by atoms with Gasteiger partial charge in [0.1, 0.15) is 17.6 Å². The lowest BCUT2D eigenvalue weighted by atomic mass is 10.0. The molecule has 2 rings (SSSR count). The molecule has 1 aromatic rings. The monoisotopic (exact) mass is 416 g/mol. The second kappa shape index (κ2) is 10.4. The Bertz CT molecular complexity index is 845. The van der Waals surface area contributed by atoms with E-state index in [0.717, 1.165) is 10.5 Å². The number of amides is 3. The number of Topliss-reactive ketones (excluding diaryl/α,β-unsaturated/α-hetero) is 2. The number of likely N-dealkylation sites (tertiary alicyclic amines) is 1. The Morgan fingerprint density at radius 1 is 1.03 bits per heavy atom. The second-order valence-corrected chi connectivity index (χ2v) is 7.21. The molecule has 160 valence electrons. The Hall–Kier alpha value is -3.36. The third kappa shape index (κ3) is 6.61. The minimum absolute atomic E-state index is 0.00668. The first-order chi connectivity index (χ1) is 14.2. The summed E-state index contributed by atoms with van der Waals surface area (Å²) in [6, 6.07) is 5.48. The summed E-state index contributed by atoms with van der Waals surface area (Å²) in [7, 11) is 0. The largest absolute Gasteiger partial charge is 0.481 e. The molecule has 30 heavy (non-hydrogen) atoms. The summed E-state index contributed by atoms with van der Waals surface area (Å²) in [4.78, 5) is 71.0. The molecule has 0 bridgehead atoms. The summed E-state index contributed by atoms with van der Waals surface area (Å²) < 4.78 is 0. The van der Waals surface area contributed by atoms with Crippen molar-refractivity contribution in [3.8, 4) is 0 Å². The fourth-order valence-corrected chi connectivity index (χ4v) is 3.21. The molecule has 0 spiro atoms. The van der Waals surface area contributed by atoms with Gasteiger partial charge in [-0.2, -0.15) is 0 Å². The van der Waals surface area contributed by atoms with Crippen LogP contribution in [0.2, 0.25) is 0 Å². The number of anilines is 1. The van der Waals surface area contributed by atoms with Crippen molar-refractivity contribution in [2.45, 2.75) is 57.9 Å². The van der Waals surface area contributed by atoms with Gasteiger partial charge < -0.3 is 10.4 Å². The molecule has 1 atom stereocenters. The number of carboxylic acids is 1.